The first-order valence-electron chi connectivity index (χ1n) is 4.27. The highest BCUT2D eigenvalue weighted by atomic mass is 16.3. The van der Waals surface area contributed by atoms with Crippen molar-refractivity contribution in [3.63, 3.8) is 0 Å². The van der Waals surface area contributed by atoms with Crippen LogP contribution in [0.1, 0.15) is 12.8 Å². The van der Waals surface area contributed by atoms with E-state index >= 15 is 0 Å². The van der Waals surface area contributed by atoms with Crippen LogP contribution in [0.2, 0.25) is 0 Å². The molecule has 0 aliphatic carbocycles. The van der Waals surface area contributed by atoms with E-state index in [9.17, 15) is 14.7 Å². The molecule has 0 radical (unpaired) electrons. The van der Waals surface area contributed by atoms with Gasteiger partial charge in [-0.2, -0.15) is 0 Å². The third-order valence-electron chi connectivity index (χ3n) is 2.47. The van der Waals surface area contributed by atoms with E-state index in [1.165, 1.54) is 0 Å². The SMILES string of the molecule is NC(=O)C1(O)CCN(CC=O)CC1. The Bertz CT molecular complexity index is 209. The summed E-state index contributed by atoms with van der Waals surface area (Å²) in [6, 6.07) is 0. The van der Waals surface area contributed by atoms with Gasteiger partial charge in [0.25, 0.3) is 0 Å². The van der Waals surface area contributed by atoms with E-state index < -0.39 is 11.5 Å². The number of aliphatic hydroxyl groups is 1. The van der Waals surface area contributed by atoms with E-state index in [4.69, 9.17) is 5.73 Å². The van der Waals surface area contributed by atoms with Crippen LogP contribution in [0, 0.1) is 0 Å². The molecule has 0 saturated carbocycles. The van der Waals surface area contributed by atoms with E-state index in [0.717, 1.165) is 6.29 Å². The Kier molecular flexibility index (Phi) is 3.00. The number of carbonyl (C=O) groups excluding carboxylic acids is 2. The van der Waals surface area contributed by atoms with Crippen LogP contribution in [0.3, 0.4) is 0 Å². The van der Waals surface area contributed by atoms with Crippen LogP contribution in [0.5, 0.6) is 0 Å². The maximum Gasteiger partial charge on any atom is 0.249 e. The monoisotopic (exact) mass is 186 g/mol. The molecule has 13 heavy (non-hydrogen) atoms. The van der Waals surface area contributed by atoms with Gasteiger partial charge in [-0.15, -0.1) is 0 Å². The van der Waals surface area contributed by atoms with Gasteiger partial charge < -0.3 is 15.6 Å². The fraction of sp³-hybridized carbons (Fsp3) is 0.750. The Morgan fingerprint density at radius 1 is 1.54 bits per heavy atom. The normalized spacial score (nSPS) is 22.5. The zero-order valence-corrected chi connectivity index (χ0v) is 7.40. The van der Waals surface area contributed by atoms with Gasteiger partial charge in [-0.25, -0.2) is 0 Å². The second-order valence-corrected chi connectivity index (χ2v) is 3.36. The van der Waals surface area contributed by atoms with Crippen LogP contribution in [0.15, 0.2) is 0 Å². The molecule has 0 aromatic carbocycles. The van der Waals surface area contributed by atoms with Gasteiger partial charge in [-0.3, -0.25) is 9.69 Å². The molecule has 1 rings (SSSR count). The molecule has 0 aromatic heterocycles. The van der Waals surface area contributed by atoms with Gasteiger partial charge in [-0.05, 0) is 12.8 Å². The minimum atomic E-state index is -1.36. The number of hydrogen-bond acceptors (Lipinski definition) is 4. The number of nitrogens with two attached hydrogens (primary N) is 1. The molecule has 74 valence electrons. The van der Waals surface area contributed by atoms with E-state index in [2.05, 4.69) is 0 Å². The molecule has 5 heteroatoms. The molecular formula is C8H14N2O3. The molecular weight excluding hydrogens is 172 g/mol. The maximum absolute atomic E-state index is 10.8. The van der Waals surface area contributed by atoms with Crippen LogP contribution in [-0.4, -0.2) is 47.4 Å². The number of hydrogen-bond donors (Lipinski definition) is 2. The van der Waals surface area contributed by atoms with Crippen LogP contribution >= 0.6 is 0 Å². The first-order chi connectivity index (χ1) is 6.08. The molecule has 1 heterocycles. The number of amides is 1. The average molecular weight is 186 g/mol. The highest BCUT2D eigenvalue weighted by Crippen LogP contribution is 2.20. The Balaban J connectivity index is 2.46. The third-order valence-corrected chi connectivity index (χ3v) is 2.47. The Morgan fingerprint density at radius 2 is 2.08 bits per heavy atom. The molecule has 1 aliphatic rings. The number of carbonyl (C=O) groups is 2. The Morgan fingerprint density at radius 3 is 2.46 bits per heavy atom. The zero-order valence-electron chi connectivity index (χ0n) is 7.40. The predicted molar refractivity (Wildman–Crippen MR) is 45.9 cm³/mol. The highest BCUT2D eigenvalue weighted by Gasteiger charge is 2.37. The lowest BCUT2D eigenvalue weighted by Crippen LogP contribution is -2.52. The summed E-state index contributed by atoms with van der Waals surface area (Å²) in [7, 11) is 0. The van der Waals surface area contributed by atoms with E-state index in [-0.39, 0.29) is 0 Å². The first-order valence-corrected chi connectivity index (χ1v) is 4.27. The topological polar surface area (TPSA) is 83.6 Å². The number of piperidine rings is 1. The number of nitrogens with zero attached hydrogens (tertiary/aromatic N) is 1. The van der Waals surface area contributed by atoms with Gasteiger partial charge >= 0.3 is 0 Å². The lowest BCUT2D eigenvalue weighted by Gasteiger charge is -2.34. The Hall–Kier alpha value is -0.940. The molecule has 0 aromatic rings. The number of aldehydes is 1. The zero-order chi connectivity index (χ0) is 9.90. The molecule has 3 N–H and O–H groups in total. The Labute approximate surface area is 76.5 Å². The average Bonchev–Trinajstić information content (AvgIpc) is 2.09. The molecule has 1 amide bonds. The molecule has 0 unspecified atom stereocenters. The lowest BCUT2D eigenvalue weighted by molar-refractivity contribution is -0.141. The summed E-state index contributed by atoms with van der Waals surface area (Å²) < 4.78 is 0. The van der Waals surface area contributed by atoms with Gasteiger partial charge in [0.1, 0.15) is 11.9 Å². The number of primary amides is 1. The smallest absolute Gasteiger partial charge is 0.249 e. The standard InChI is InChI=1S/C8H14N2O3/c9-7(12)8(13)1-3-10(4-2-8)5-6-11/h6,13H,1-5H2,(H2,9,12). The predicted octanol–water partition coefficient (Wildman–Crippen LogP) is -1.50. The van der Waals surface area contributed by atoms with Gasteiger partial charge in [0, 0.05) is 13.1 Å². The third kappa shape index (κ3) is 2.26. The minimum Gasteiger partial charge on any atom is -0.380 e. The first kappa shape index (κ1) is 10.1. The second-order valence-electron chi connectivity index (χ2n) is 3.36. The van der Waals surface area contributed by atoms with Gasteiger partial charge in [0.2, 0.25) is 5.91 Å². The van der Waals surface area contributed by atoms with Crippen LogP contribution < -0.4 is 5.73 Å². The molecule has 1 fully saturated rings. The van der Waals surface area contributed by atoms with Crippen molar-refractivity contribution in [1.82, 2.24) is 4.90 Å². The second kappa shape index (κ2) is 3.85. The van der Waals surface area contributed by atoms with Gasteiger partial charge in [-0.1, -0.05) is 0 Å². The van der Waals surface area contributed by atoms with Crippen LogP contribution in [-0.2, 0) is 9.59 Å². The van der Waals surface area contributed by atoms with Gasteiger partial charge in [0.05, 0.1) is 6.54 Å². The number of likely N-dealkylation sites (tertiary alicyclic amines) is 1. The summed E-state index contributed by atoms with van der Waals surface area (Å²) in [5, 5.41) is 9.64. The fourth-order valence-corrected chi connectivity index (χ4v) is 1.46. The summed E-state index contributed by atoms with van der Waals surface area (Å²) >= 11 is 0. The summed E-state index contributed by atoms with van der Waals surface area (Å²) in [5.41, 5.74) is 3.68. The summed E-state index contributed by atoms with van der Waals surface area (Å²) in [5.74, 6) is -0.668. The van der Waals surface area contributed by atoms with Crippen molar-refractivity contribution in [2.24, 2.45) is 5.73 Å². The summed E-state index contributed by atoms with van der Waals surface area (Å²) in [4.78, 5) is 22.9. The van der Waals surface area contributed by atoms with Crippen LogP contribution in [0.25, 0.3) is 0 Å². The van der Waals surface area contributed by atoms with E-state index in [0.29, 0.717) is 32.5 Å². The lowest BCUT2D eigenvalue weighted by atomic mass is 9.91. The highest BCUT2D eigenvalue weighted by molar-refractivity contribution is 5.83. The van der Waals surface area contributed by atoms with E-state index in [1.54, 1.807) is 0 Å². The van der Waals surface area contributed by atoms with E-state index in [1.807, 2.05) is 4.90 Å². The quantitative estimate of drug-likeness (QED) is 0.525. The summed E-state index contributed by atoms with van der Waals surface area (Å²) in [6.45, 7) is 1.44. The van der Waals surface area contributed by atoms with Crippen molar-refractivity contribution in [2.75, 3.05) is 19.6 Å². The molecule has 0 atom stereocenters. The molecule has 0 spiro atoms. The minimum absolute atomic E-state index is 0.316. The summed E-state index contributed by atoms with van der Waals surface area (Å²) in [6.07, 6.45) is 1.45. The molecule has 1 aliphatic heterocycles. The number of rotatable bonds is 3. The van der Waals surface area contributed by atoms with Crippen molar-refractivity contribution in [3.05, 3.63) is 0 Å². The van der Waals surface area contributed by atoms with Crippen LogP contribution in [0.4, 0.5) is 0 Å². The maximum atomic E-state index is 10.8. The van der Waals surface area contributed by atoms with Crippen molar-refractivity contribution < 1.29 is 14.7 Å². The van der Waals surface area contributed by atoms with Crippen molar-refractivity contribution in [1.29, 1.82) is 0 Å². The largest absolute Gasteiger partial charge is 0.380 e. The molecule has 1 saturated heterocycles. The van der Waals surface area contributed by atoms with Crippen molar-refractivity contribution in [2.45, 2.75) is 18.4 Å². The molecule has 0 bridgehead atoms. The van der Waals surface area contributed by atoms with Crippen molar-refractivity contribution in [3.8, 4) is 0 Å². The van der Waals surface area contributed by atoms with Crippen molar-refractivity contribution >= 4 is 12.2 Å². The molecule has 5 nitrogen and oxygen atoms in total. The van der Waals surface area contributed by atoms with Gasteiger partial charge in [0.15, 0.2) is 0 Å². The fourth-order valence-electron chi connectivity index (χ4n) is 1.46.